The Morgan fingerprint density at radius 3 is 2.65 bits per heavy atom. The lowest BCUT2D eigenvalue weighted by atomic mass is 10.0. The van der Waals surface area contributed by atoms with Gasteiger partial charge in [0.2, 0.25) is 5.91 Å². The van der Waals surface area contributed by atoms with Crippen LogP contribution in [0.3, 0.4) is 0 Å². The molecule has 6 heteroatoms. The minimum atomic E-state index is -0.0541. The van der Waals surface area contributed by atoms with Crippen molar-refractivity contribution in [3.8, 4) is 0 Å². The molecule has 0 aliphatic carbocycles. The highest BCUT2D eigenvalue weighted by Crippen LogP contribution is 2.13. The second kappa shape index (κ2) is 10.00. The SMILES string of the molecule is Cl.Cl.NCC(=O)NC1CCCN(Cc2ccccc2)C1. The van der Waals surface area contributed by atoms with Gasteiger partial charge < -0.3 is 11.1 Å². The zero-order valence-corrected chi connectivity index (χ0v) is 13.1. The van der Waals surface area contributed by atoms with Crippen LogP contribution in [0.25, 0.3) is 0 Å². The average molecular weight is 320 g/mol. The number of carbonyl (C=O) groups is 1. The van der Waals surface area contributed by atoms with Crippen LogP contribution in [0.5, 0.6) is 0 Å². The zero-order chi connectivity index (χ0) is 12.8. The van der Waals surface area contributed by atoms with Gasteiger partial charge >= 0.3 is 0 Å². The molecule has 114 valence electrons. The third-order valence-corrected chi connectivity index (χ3v) is 3.31. The van der Waals surface area contributed by atoms with Crippen LogP contribution in [0.2, 0.25) is 0 Å². The largest absolute Gasteiger partial charge is 0.351 e. The fraction of sp³-hybridized carbons (Fsp3) is 0.500. The van der Waals surface area contributed by atoms with Gasteiger partial charge in [-0.3, -0.25) is 9.69 Å². The number of rotatable bonds is 4. The first-order valence-electron chi connectivity index (χ1n) is 6.53. The third-order valence-electron chi connectivity index (χ3n) is 3.31. The quantitative estimate of drug-likeness (QED) is 0.885. The molecule has 0 spiro atoms. The van der Waals surface area contributed by atoms with Gasteiger partial charge in [0.25, 0.3) is 0 Å². The summed E-state index contributed by atoms with van der Waals surface area (Å²) in [6.07, 6.45) is 2.18. The number of hydrogen-bond acceptors (Lipinski definition) is 3. The number of amides is 1. The molecule has 4 nitrogen and oxygen atoms in total. The van der Waals surface area contributed by atoms with E-state index in [1.54, 1.807) is 0 Å². The van der Waals surface area contributed by atoms with Crippen LogP contribution in [0.1, 0.15) is 18.4 Å². The van der Waals surface area contributed by atoms with E-state index in [1.165, 1.54) is 5.56 Å². The van der Waals surface area contributed by atoms with Gasteiger partial charge in [0.15, 0.2) is 0 Å². The Labute approximate surface area is 132 Å². The first kappa shape index (κ1) is 19.2. The number of nitrogens with one attached hydrogen (secondary N) is 1. The van der Waals surface area contributed by atoms with E-state index in [2.05, 4.69) is 34.5 Å². The highest BCUT2D eigenvalue weighted by molar-refractivity contribution is 5.85. The Bertz CT molecular complexity index is 389. The number of likely N-dealkylation sites (tertiary alicyclic amines) is 1. The Hall–Kier alpha value is -0.810. The predicted molar refractivity (Wildman–Crippen MR) is 86.4 cm³/mol. The minimum absolute atomic E-state index is 0. The van der Waals surface area contributed by atoms with E-state index in [0.717, 1.165) is 32.5 Å². The van der Waals surface area contributed by atoms with Crippen molar-refractivity contribution in [2.75, 3.05) is 19.6 Å². The lowest BCUT2D eigenvalue weighted by molar-refractivity contribution is -0.120. The highest BCUT2D eigenvalue weighted by atomic mass is 35.5. The van der Waals surface area contributed by atoms with E-state index in [-0.39, 0.29) is 43.3 Å². The molecule has 0 radical (unpaired) electrons. The summed E-state index contributed by atoms with van der Waals surface area (Å²) in [4.78, 5) is 13.7. The average Bonchev–Trinajstić information content (AvgIpc) is 2.40. The second-order valence-corrected chi connectivity index (χ2v) is 4.83. The summed E-state index contributed by atoms with van der Waals surface area (Å²) in [5.74, 6) is -0.0541. The van der Waals surface area contributed by atoms with Crippen molar-refractivity contribution in [1.82, 2.24) is 10.2 Å². The van der Waals surface area contributed by atoms with E-state index in [4.69, 9.17) is 5.73 Å². The van der Waals surface area contributed by atoms with E-state index in [9.17, 15) is 4.79 Å². The molecular weight excluding hydrogens is 297 g/mol. The first-order chi connectivity index (χ1) is 8.78. The van der Waals surface area contributed by atoms with Gasteiger partial charge in [-0.15, -0.1) is 24.8 Å². The lowest BCUT2D eigenvalue weighted by Crippen LogP contribution is -2.48. The van der Waals surface area contributed by atoms with Gasteiger partial charge in [-0.25, -0.2) is 0 Å². The summed E-state index contributed by atoms with van der Waals surface area (Å²) < 4.78 is 0. The molecule has 1 amide bonds. The van der Waals surface area contributed by atoms with Gasteiger partial charge in [0.1, 0.15) is 0 Å². The Kier molecular flexibility index (Phi) is 9.59. The molecule has 0 aromatic heterocycles. The van der Waals surface area contributed by atoms with Crippen LogP contribution in [-0.2, 0) is 11.3 Å². The van der Waals surface area contributed by atoms with Crippen molar-refractivity contribution in [1.29, 1.82) is 0 Å². The van der Waals surface area contributed by atoms with Crippen molar-refractivity contribution in [3.63, 3.8) is 0 Å². The zero-order valence-electron chi connectivity index (χ0n) is 11.5. The number of piperidine rings is 1. The number of nitrogens with two attached hydrogens (primary N) is 1. The molecule has 1 unspecified atom stereocenters. The molecule has 1 aliphatic rings. The number of benzene rings is 1. The predicted octanol–water partition coefficient (Wildman–Crippen LogP) is 1.57. The summed E-state index contributed by atoms with van der Waals surface area (Å²) in [6, 6.07) is 10.7. The van der Waals surface area contributed by atoms with Crippen LogP contribution in [0.15, 0.2) is 30.3 Å². The Balaban J connectivity index is 0.00000180. The molecule has 1 aliphatic heterocycles. The van der Waals surface area contributed by atoms with Gasteiger partial charge in [0.05, 0.1) is 6.54 Å². The molecular formula is C14H23Cl2N3O. The van der Waals surface area contributed by atoms with Crippen LogP contribution in [0.4, 0.5) is 0 Å². The fourth-order valence-electron chi connectivity index (χ4n) is 2.45. The number of hydrogen-bond donors (Lipinski definition) is 2. The summed E-state index contributed by atoms with van der Waals surface area (Å²) in [6.45, 7) is 3.05. The molecule has 3 N–H and O–H groups in total. The lowest BCUT2D eigenvalue weighted by Gasteiger charge is -2.33. The van der Waals surface area contributed by atoms with Gasteiger partial charge in [-0.1, -0.05) is 30.3 Å². The van der Waals surface area contributed by atoms with Crippen molar-refractivity contribution in [3.05, 3.63) is 35.9 Å². The van der Waals surface area contributed by atoms with Crippen LogP contribution in [-0.4, -0.2) is 36.5 Å². The maximum absolute atomic E-state index is 11.3. The molecule has 1 fully saturated rings. The van der Waals surface area contributed by atoms with Crippen LogP contribution < -0.4 is 11.1 Å². The van der Waals surface area contributed by atoms with Crippen molar-refractivity contribution >= 4 is 30.7 Å². The Morgan fingerprint density at radius 1 is 1.30 bits per heavy atom. The summed E-state index contributed by atoms with van der Waals surface area (Å²) in [7, 11) is 0. The molecule has 2 rings (SSSR count). The summed E-state index contributed by atoms with van der Waals surface area (Å²) >= 11 is 0. The van der Waals surface area contributed by atoms with Gasteiger partial charge in [-0.2, -0.15) is 0 Å². The number of halogens is 2. The second-order valence-electron chi connectivity index (χ2n) is 4.83. The molecule has 1 aromatic carbocycles. The molecule has 1 aromatic rings. The molecule has 0 bridgehead atoms. The summed E-state index contributed by atoms with van der Waals surface area (Å²) in [5.41, 5.74) is 6.64. The van der Waals surface area contributed by atoms with Crippen molar-refractivity contribution in [2.24, 2.45) is 5.73 Å². The molecule has 20 heavy (non-hydrogen) atoms. The van der Waals surface area contributed by atoms with E-state index in [1.807, 2.05) is 6.07 Å². The molecule has 1 heterocycles. The smallest absolute Gasteiger partial charge is 0.233 e. The van der Waals surface area contributed by atoms with Crippen molar-refractivity contribution < 1.29 is 4.79 Å². The number of carbonyl (C=O) groups excluding carboxylic acids is 1. The monoisotopic (exact) mass is 319 g/mol. The normalized spacial score (nSPS) is 18.6. The van der Waals surface area contributed by atoms with Gasteiger partial charge in [-0.05, 0) is 24.9 Å². The van der Waals surface area contributed by atoms with Crippen molar-refractivity contribution in [2.45, 2.75) is 25.4 Å². The molecule has 0 saturated carbocycles. The van der Waals surface area contributed by atoms with E-state index < -0.39 is 0 Å². The highest BCUT2D eigenvalue weighted by Gasteiger charge is 2.20. The fourth-order valence-corrected chi connectivity index (χ4v) is 2.45. The molecule has 1 saturated heterocycles. The third kappa shape index (κ3) is 6.09. The standard InChI is InChI=1S/C14H21N3O.2ClH/c15-9-14(18)16-13-7-4-8-17(11-13)10-12-5-2-1-3-6-12;;/h1-3,5-6,13H,4,7-11,15H2,(H,16,18);2*1H. The first-order valence-corrected chi connectivity index (χ1v) is 6.53. The van der Waals surface area contributed by atoms with Gasteiger partial charge in [0, 0.05) is 19.1 Å². The summed E-state index contributed by atoms with van der Waals surface area (Å²) in [5, 5.41) is 2.98. The Morgan fingerprint density at radius 2 is 2.00 bits per heavy atom. The topological polar surface area (TPSA) is 58.4 Å². The van der Waals surface area contributed by atoms with Crippen LogP contribution >= 0.6 is 24.8 Å². The molecule has 1 atom stereocenters. The van der Waals surface area contributed by atoms with E-state index >= 15 is 0 Å². The van der Waals surface area contributed by atoms with E-state index in [0.29, 0.717) is 0 Å². The minimum Gasteiger partial charge on any atom is -0.351 e. The maximum Gasteiger partial charge on any atom is 0.233 e. The van der Waals surface area contributed by atoms with Crippen LogP contribution in [0, 0.1) is 0 Å². The maximum atomic E-state index is 11.3. The number of nitrogens with zero attached hydrogens (tertiary/aromatic N) is 1.